The smallest absolute Gasteiger partial charge is 0.248 e. The molecule has 5 rings (SSSR count). The van der Waals surface area contributed by atoms with E-state index in [1.165, 1.54) is 7.11 Å². The second kappa shape index (κ2) is 14.5. The molecule has 3 saturated heterocycles. The van der Waals surface area contributed by atoms with Crippen molar-refractivity contribution in [3.8, 4) is 17.2 Å². The van der Waals surface area contributed by atoms with Gasteiger partial charge in [-0.05, 0) is 68.4 Å². The molecule has 3 fully saturated rings. The normalized spacial score (nSPS) is 21.5. The van der Waals surface area contributed by atoms with Crippen LogP contribution in [0.25, 0.3) is 0 Å². The summed E-state index contributed by atoms with van der Waals surface area (Å²) >= 11 is 0. The zero-order valence-electron chi connectivity index (χ0n) is 25.9. The molecule has 3 N–H and O–H groups in total. The number of rotatable bonds is 10. The van der Waals surface area contributed by atoms with Gasteiger partial charge in [0.2, 0.25) is 21.8 Å². The van der Waals surface area contributed by atoms with Crippen LogP contribution in [0.3, 0.4) is 0 Å². The lowest BCUT2D eigenvalue weighted by Gasteiger charge is -2.52. The van der Waals surface area contributed by atoms with Gasteiger partial charge in [-0.2, -0.15) is 0 Å². The number of ether oxygens (including phenoxy) is 3. The summed E-state index contributed by atoms with van der Waals surface area (Å²) in [6.07, 6.45) is 2.54. The number of amides is 2. The summed E-state index contributed by atoms with van der Waals surface area (Å²) in [7, 11) is -1.93. The number of aliphatic hydroxyl groups is 1. The Hall–Kier alpha value is -3.10. The number of likely N-dealkylation sites (N-methyl/N-ethyl adjacent to an activating group) is 1. The summed E-state index contributed by atoms with van der Waals surface area (Å²) < 4.78 is 42.3. The predicted octanol–water partition coefficient (Wildman–Crippen LogP) is 2.75. The largest absolute Gasteiger partial charge is 0.493 e. The van der Waals surface area contributed by atoms with Gasteiger partial charge in [0, 0.05) is 45.5 Å². The maximum absolute atomic E-state index is 13.6. The molecule has 0 radical (unpaired) electrons. The molecule has 3 aliphatic heterocycles. The number of piperazine rings is 1. The van der Waals surface area contributed by atoms with E-state index in [-0.39, 0.29) is 30.1 Å². The molecule has 0 aromatic heterocycles. The SMILES string of the molecule is CCN1C(=O)[C@@H]([C@H](O)C2CCOCC2)NC(=O)C12CCN(Cc1ccc(Oc3ccc(NS(C)(=O)=O)cc3OC)cc1)CC2.Cl. The van der Waals surface area contributed by atoms with Gasteiger partial charge in [0.25, 0.3) is 0 Å². The molecule has 2 atom stereocenters. The number of nitrogens with zero attached hydrogens (tertiary/aromatic N) is 2. The topological polar surface area (TPSA) is 147 Å². The van der Waals surface area contributed by atoms with Crippen LogP contribution in [-0.2, 0) is 30.9 Å². The Balaban J connectivity index is 0.00000461. The molecule has 0 aliphatic carbocycles. The summed E-state index contributed by atoms with van der Waals surface area (Å²) in [6, 6.07) is 11.6. The number of sulfonamides is 1. The molecule has 14 heteroatoms. The van der Waals surface area contributed by atoms with E-state index in [0.717, 1.165) is 11.8 Å². The van der Waals surface area contributed by atoms with Crippen molar-refractivity contribution in [3.63, 3.8) is 0 Å². The van der Waals surface area contributed by atoms with Crippen molar-refractivity contribution in [2.75, 3.05) is 50.9 Å². The Morgan fingerprint density at radius 3 is 2.36 bits per heavy atom. The fraction of sp³-hybridized carbons (Fsp3) is 0.548. The summed E-state index contributed by atoms with van der Waals surface area (Å²) in [4.78, 5) is 31.1. The maximum Gasteiger partial charge on any atom is 0.248 e. The van der Waals surface area contributed by atoms with Crippen LogP contribution in [0, 0.1) is 5.92 Å². The number of hydrogen-bond acceptors (Lipinski definition) is 9. The van der Waals surface area contributed by atoms with Crippen molar-refractivity contribution < 1.29 is 37.3 Å². The molecule has 2 aromatic carbocycles. The highest BCUT2D eigenvalue weighted by atomic mass is 35.5. The number of nitrogens with one attached hydrogen (secondary N) is 2. The third-order valence-electron chi connectivity index (χ3n) is 8.87. The lowest BCUT2D eigenvalue weighted by atomic mass is 9.79. The number of benzene rings is 2. The number of aliphatic hydroxyl groups excluding tert-OH is 1. The van der Waals surface area contributed by atoms with Crippen molar-refractivity contribution in [2.45, 2.75) is 56.8 Å². The van der Waals surface area contributed by atoms with Crippen molar-refractivity contribution in [1.29, 1.82) is 0 Å². The van der Waals surface area contributed by atoms with Crippen LogP contribution in [0.2, 0.25) is 0 Å². The van der Waals surface area contributed by atoms with Crippen LogP contribution in [0.15, 0.2) is 42.5 Å². The molecule has 0 bridgehead atoms. The zero-order chi connectivity index (χ0) is 31.5. The number of methoxy groups -OCH3 is 1. The van der Waals surface area contributed by atoms with Gasteiger partial charge >= 0.3 is 0 Å². The molecule has 1 spiro atoms. The second-order valence-electron chi connectivity index (χ2n) is 11.8. The standard InChI is InChI=1S/C31H42N4O8S.ClH/c1-4-35-29(37)27(28(36)22-11-17-42-18-12-22)32-30(38)31(35)13-15-34(16-14-31)20-21-5-8-24(9-6-21)43-25-10-7-23(19-26(25)41-2)33-44(3,39)40;/h5-10,19,22,27-28,33,36H,4,11-18,20H2,1-3H3,(H,32,38);1H/t27-,28-;/m1./s1. The average Bonchev–Trinajstić information content (AvgIpc) is 3.01. The number of piperidine rings is 1. The van der Waals surface area contributed by atoms with Crippen LogP contribution in [-0.4, -0.2) is 99.0 Å². The molecular weight excluding hydrogens is 624 g/mol. The third-order valence-corrected chi connectivity index (χ3v) is 9.48. The number of halogens is 1. The minimum absolute atomic E-state index is 0. The van der Waals surface area contributed by atoms with E-state index >= 15 is 0 Å². The van der Waals surface area contributed by atoms with Crippen molar-refractivity contribution in [2.24, 2.45) is 5.92 Å². The first-order valence-electron chi connectivity index (χ1n) is 15.1. The first kappa shape index (κ1) is 34.8. The molecule has 45 heavy (non-hydrogen) atoms. The summed E-state index contributed by atoms with van der Waals surface area (Å²) in [6.45, 7) is 5.38. The highest BCUT2D eigenvalue weighted by Crippen LogP contribution is 2.36. The minimum Gasteiger partial charge on any atom is -0.493 e. The molecule has 2 amide bonds. The van der Waals surface area contributed by atoms with Gasteiger partial charge in [0.15, 0.2) is 11.5 Å². The lowest BCUT2D eigenvalue weighted by molar-refractivity contribution is -0.166. The van der Waals surface area contributed by atoms with Gasteiger partial charge in [0.1, 0.15) is 17.3 Å². The van der Waals surface area contributed by atoms with Crippen LogP contribution < -0.4 is 19.5 Å². The highest BCUT2D eigenvalue weighted by molar-refractivity contribution is 7.92. The fourth-order valence-corrected chi connectivity index (χ4v) is 7.07. The van der Waals surface area contributed by atoms with Gasteiger partial charge in [-0.25, -0.2) is 8.42 Å². The molecule has 3 heterocycles. The van der Waals surface area contributed by atoms with E-state index in [9.17, 15) is 23.1 Å². The monoisotopic (exact) mass is 666 g/mol. The van der Waals surface area contributed by atoms with Gasteiger partial charge in [-0.15, -0.1) is 12.4 Å². The molecular formula is C31H43ClN4O8S. The van der Waals surface area contributed by atoms with Crippen LogP contribution in [0.5, 0.6) is 17.2 Å². The predicted molar refractivity (Wildman–Crippen MR) is 171 cm³/mol. The summed E-state index contributed by atoms with van der Waals surface area (Å²) in [5, 5.41) is 13.9. The Bertz CT molecular complexity index is 1440. The number of likely N-dealkylation sites (tertiary alicyclic amines) is 1. The number of carbonyl (C=O) groups is 2. The first-order chi connectivity index (χ1) is 21.0. The van der Waals surface area contributed by atoms with E-state index in [4.69, 9.17) is 14.2 Å². The highest BCUT2D eigenvalue weighted by Gasteiger charge is 2.55. The van der Waals surface area contributed by atoms with Gasteiger partial charge < -0.3 is 29.5 Å². The quantitative estimate of drug-likeness (QED) is 0.348. The minimum atomic E-state index is -3.42. The number of hydrogen-bond donors (Lipinski definition) is 3. The van der Waals surface area contributed by atoms with Gasteiger partial charge in [-0.1, -0.05) is 12.1 Å². The number of anilines is 1. The van der Waals surface area contributed by atoms with Gasteiger partial charge in [0.05, 0.1) is 25.2 Å². The van der Waals surface area contributed by atoms with Crippen LogP contribution in [0.1, 0.15) is 38.2 Å². The Kier molecular flexibility index (Phi) is 11.2. The van der Waals surface area contributed by atoms with E-state index in [1.807, 2.05) is 31.2 Å². The van der Waals surface area contributed by atoms with Crippen LogP contribution in [0.4, 0.5) is 5.69 Å². The van der Waals surface area contributed by atoms with E-state index in [0.29, 0.717) is 88.0 Å². The van der Waals surface area contributed by atoms with Crippen molar-refractivity contribution in [1.82, 2.24) is 15.1 Å². The summed E-state index contributed by atoms with van der Waals surface area (Å²) in [5.41, 5.74) is 0.543. The molecule has 2 aromatic rings. The van der Waals surface area contributed by atoms with Crippen LogP contribution >= 0.6 is 12.4 Å². The zero-order valence-corrected chi connectivity index (χ0v) is 27.5. The van der Waals surface area contributed by atoms with Crippen molar-refractivity contribution >= 4 is 39.9 Å². The lowest BCUT2D eigenvalue weighted by Crippen LogP contribution is -2.74. The summed E-state index contributed by atoms with van der Waals surface area (Å²) in [5.74, 6) is 0.989. The molecule has 248 valence electrons. The number of carbonyl (C=O) groups excluding carboxylic acids is 2. The Morgan fingerprint density at radius 2 is 1.76 bits per heavy atom. The first-order valence-corrected chi connectivity index (χ1v) is 17.0. The Labute approximate surface area is 270 Å². The van der Waals surface area contributed by atoms with Crippen molar-refractivity contribution in [3.05, 3.63) is 48.0 Å². The molecule has 0 saturated carbocycles. The molecule has 3 aliphatic rings. The van der Waals surface area contributed by atoms with E-state index < -0.39 is 27.7 Å². The fourth-order valence-electron chi connectivity index (χ4n) is 6.51. The van der Waals surface area contributed by atoms with Gasteiger partial charge in [-0.3, -0.25) is 19.2 Å². The molecule has 12 nitrogen and oxygen atoms in total. The van der Waals surface area contributed by atoms with E-state index in [2.05, 4.69) is 14.9 Å². The molecule has 0 unspecified atom stereocenters. The third kappa shape index (κ3) is 7.83. The maximum atomic E-state index is 13.6. The average molecular weight is 667 g/mol. The van der Waals surface area contributed by atoms with E-state index in [1.54, 1.807) is 23.1 Å². The second-order valence-corrected chi connectivity index (χ2v) is 13.5. The Morgan fingerprint density at radius 1 is 1.09 bits per heavy atom.